The van der Waals surface area contributed by atoms with Crippen molar-refractivity contribution in [2.75, 3.05) is 7.11 Å². The number of esters is 1. The summed E-state index contributed by atoms with van der Waals surface area (Å²) in [6, 6.07) is 14.5. The maximum atomic E-state index is 12.5. The van der Waals surface area contributed by atoms with Gasteiger partial charge in [0.2, 0.25) is 0 Å². The van der Waals surface area contributed by atoms with Crippen LogP contribution in [0.1, 0.15) is 46.8 Å². The standard InChI is InChI=1S/C24H21IN4O3/c1-31-21-14-16(6-11-20(21)32-24(30)17-7-9-19(25)10-8-17)13-18(15-26)23-28-27-22-5-3-2-4-12-29(22)23/h6-11,13-14H,2-5,12H2,1H3/b18-13-. The first-order chi connectivity index (χ1) is 15.6. The molecule has 0 radical (unpaired) electrons. The lowest BCUT2D eigenvalue weighted by Crippen LogP contribution is -2.09. The van der Waals surface area contributed by atoms with Gasteiger partial charge in [0.15, 0.2) is 17.3 Å². The van der Waals surface area contributed by atoms with E-state index >= 15 is 0 Å². The number of allylic oxidation sites excluding steroid dienone is 1. The van der Waals surface area contributed by atoms with Crippen LogP contribution in [0.25, 0.3) is 11.6 Å². The van der Waals surface area contributed by atoms with Crippen LogP contribution >= 0.6 is 22.6 Å². The van der Waals surface area contributed by atoms with Crippen molar-refractivity contribution in [2.24, 2.45) is 0 Å². The first kappa shape index (κ1) is 22.0. The van der Waals surface area contributed by atoms with Crippen molar-refractivity contribution in [3.63, 3.8) is 0 Å². The summed E-state index contributed by atoms with van der Waals surface area (Å²) in [5.41, 5.74) is 1.62. The highest BCUT2D eigenvalue weighted by atomic mass is 127. The average molecular weight is 540 g/mol. The number of aryl methyl sites for hydroxylation is 1. The van der Waals surface area contributed by atoms with Gasteiger partial charge in [-0.2, -0.15) is 5.26 Å². The maximum Gasteiger partial charge on any atom is 0.343 e. The maximum absolute atomic E-state index is 12.5. The van der Waals surface area contributed by atoms with E-state index in [0.29, 0.717) is 28.5 Å². The van der Waals surface area contributed by atoms with Gasteiger partial charge in [-0.1, -0.05) is 12.5 Å². The third-order valence-corrected chi connectivity index (χ3v) is 5.97. The Balaban J connectivity index is 1.60. The van der Waals surface area contributed by atoms with Crippen LogP contribution < -0.4 is 9.47 Å². The van der Waals surface area contributed by atoms with Gasteiger partial charge in [-0.05, 0) is 83.5 Å². The molecule has 0 bridgehead atoms. The predicted octanol–water partition coefficient (Wildman–Crippen LogP) is 4.90. The smallest absolute Gasteiger partial charge is 0.343 e. The lowest BCUT2D eigenvalue weighted by molar-refractivity contribution is 0.0729. The summed E-state index contributed by atoms with van der Waals surface area (Å²) in [6.07, 6.45) is 5.90. The Morgan fingerprint density at radius 1 is 1.12 bits per heavy atom. The van der Waals surface area contributed by atoms with E-state index in [1.165, 1.54) is 7.11 Å². The van der Waals surface area contributed by atoms with Crippen LogP contribution in [0.5, 0.6) is 11.5 Å². The second kappa shape index (κ2) is 9.96. The Bertz CT molecular complexity index is 1210. The third kappa shape index (κ3) is 4.83. The van der Waals surface area contributed by atoms with Crippen molar-refractivity contribution in [1.29, 1.82) is 5.26 Å². The molecule has 4 rings (SSSR count). The Kier molecular flexibility index (Phi) is 6.85. The monoisotopic (exact) mass is 540 g/mol. The molecule has 1 aliphatic heterocycles. The second-order valence-electron chi connectivity index (χ2n) is 7.38. The first-order valence-electron chi connectivity index (χ1n) is 10.3. The largest absolute Gasteiger partial charge is 0.493 e. The van der Waals surface area contributed by atoms with Gasteiger partial charge in [-0.3, -0.25) is 0 Å². The molecule has 2 aromatic carbocycles. The second-order valence-corrected chi connectivity index (χ2v) is 8.62. The SMILES string of the molecule is COc1cc(/C=C(/C#N)c2nnc3n2CCCCC3)ccc1OC(=O)c1ccc(I)cc1. The first-order valence-corrected chi connectivity index (χ1v) is 11.4. The Hall–Kier alpha value is -3.19. The number of hydrogen-bond acceptors (Lipinski definition) is 6. The van der Waals surface area contributed by atoms with Gasteiger partial charge < -0.3 is 14.0 Å². The molecule has 0 spiro atoms. The number of hydrogen-bond donors (Lipinski definition) is 0. The number of carbonyl (C=O) groups excluding carboxylic acids is 1. The van der Waals surface area contributed by atoms with Crippen LogP contribution in [0.4, 0.5) is 0 Å². The van der Waals surface area contributed by atoms with E-state index in [9.17, 15) is 10.1 Å². The van der Waals surface area contributed by atoms with Gasteiger partial charge in [0.25, 0.3) is 0 Å². The highest BCUT2D eigenvalue weighted by Gasteiger charge is 2.18. The van der Waals surface area contributed by atoms with E-state index < -0.39 is 5.97 Å². The molecule has 2 heterocycles. The molecule has 0 saturated carbocycles. The summed E-state index contributed by atoms with van der Waals surface area (Å²) in [4.78, 5) is 12.5. The van der Waals surface area contributed by atoms with Crippen LogP contribution in [-0.2, 0) is 13.0 Å². The highest BCUT2D eigenvalue weighted by Crippen LogP contribution is 2.31. The van der Waals surface area contributed by atoms with E-state index in [1.54, 1.807) is 36.4 Å². The lowest BCUT2D eigenvalue weighted by Gasteiger charge is -2.10. The molecule has 3 aromatic rings. The zero-order valence-electron chi connectivity index (χ0n) is 17.5. The zero-order valence-corrected chi connectivity index (χ0v) is 19.7. The van der Waals surface area contributed by atoms with E-state index in [4.69, 9.17) is 9.47 Å². The number of nitriles is 1. The minimum absolute atomic E-state index is 0.308. The predicted molar refractivity (Wildman–Crippen MR) is 128 cm³/mol. The summed E-state index contributed by atoms with van der Waals surface area (Å²) < 4.78 is 14.0. The van der Waals surface area contributed by atoms with E-state index in [0.717, 1.165) is 47.2 Å². The van der Waals surface area contributed by atoms with E-state index in [1.807, 2.05) is 16.7 Å². The summed E-state index contributed by atoms with van der Waals surface area (Å²) in [5, 5.41) is 18.3. The van der Waals surface area contributed by atoms with Crippen molar-refractivity contribution < 1.29 is 14.3 Å². The number of nitrogens with zero attached hydrogens (tertiary/aromatic N) is 4. The number of methoxy groups -OCH3 is 1. The zero-order chi connectivity index (χ0) is 22.5. The fraction of sp³-hybridized carbons (Fsp3) is 0.250. The minimum atomic E-state index is -0.466. The molecule has 7 nitrogen and oxygen atoms in total. The molecule has 0 unspecified atom stereocenters. The van der Waals surface area contributed by atoms with Gasteiger partial charge >= 0.3 is 5.97 Å². The molecule has 0 N–H and O–H groups in total. The summed E-state index contributed by atoms with van der Waals surface area (Å²) in [6.45, 7) is 0.813. The number of halogens is 1. The van der Waals surface area contributed by atoms with Gasteiger partial charge in [-0.25, -0.2) is 4.79 Å². The fourth-order valence-corrected chi connectivity index (χ4v) is 3.96. The third-order valence-electron chi connectivity index (χ3n) is 5.25. The molecule has 0 amide bonds. The molecule has 32 heavy (non-hydrogen) atoms. The molecular weight excluding hydrogens is 519 g/mol. The van der Waals surface area contributed by atoms with Gasteiger partial charge in [0.1, 0.15) is 11.9 Å². The number of aromatic nitrogens is 3. The average Bonchev–Trinajstić information content (AvgIpc) is 3.06. The normalized spacial score (nSPS) is 13.6. The van der Waals surface area contributed by atoms with Gasteiger partial charge in [0, 0.05) is 16.5 Å². The van der Waals surface area contributed by atoms with Gasteiger partial charge in [-0.15, -0.1) is 10.2 Å². The molecule has 1 aliphatic rings. The molecule has 0 fully saturated rings. The molecular formula is C24H21IN4O3. The molecule has 0 atom stereocenters. The van der Waals surface area contributed by atoms with Crippen molar-refractivity contribution >= 4 is 40.2 Å². The van der Waals surface area contributed by atoms with Crippen molar-refractivity contribution in [3.05, 3.63) is 68.8 Å². The van der Waals surface area contributed by atoms with Crippen molar-refractivity contribution in [2.45, 2.75) is 32.2 Å². The van der Waals surface area contributed by atoms with Crippen LogP contribution in [0.15, 0.2) is 42.5 Å². The van der Waals surface area contributed by atoms with Crippen molar-refractivity contribution in [1.82, 2.24) is 14.8 Å². The van der Waals surface area contributed by atoms with Crippen LogP contribution in [0, 0.1) is 14.9 Å². The Morgan fingerprint density at radius 2 is 1.94 bits per heavy atom. The molecule has 8 heteroatoms. The number of ether oxygens (including phenoxy) is 2. The Labute approximate surface area is 199 Å². The van der Waals surface area contributed by atoms with Crippen LogP contribution in [-0.4, -0.2) is 27.8 Å². The topological polar surface area (TPSA) is 90.0 Å². The quantitative estimate of drug-likeness (QED) is 0.198. The lowest BCUT2D eigenvalue weighted by atomic mass is 10.1. The molecule has 0 aliphatic carbocycles. The minimum Gasteiger partial charge on any atom is -0.493 e. The highest BCUT2D eigenvalue weighted by molar-refractivity contribution is 14.1. The number of fused-ring (bicyclic) bond motifs is 1. The number of benzene rings is 2. The molecule has 0 saturated heterocycles. The number of rotatable bonds is 5. The molecule has 1 aromatic heterocycles. The summed E-state index contributed by atoms with van der Waals surface area (Å²) in [7, 11) is 1.51. The molecule has 162 valence electrons. The van der Waals surface area contributed by atoms with Crippen molar-refractivity contribution in [3.8, 4) is 17.6 Å². The summed E-state index contributed by atoms with van der Waals surface area (Å²) >= 11 is 2.18. The van der Waals surface area contributed by atoms with E-state index in [2.05, 4.69) is 38.9 Å². The fourth-order valence-electron chi connectivity index (χ4n) is 3.60. The summed E-state index contributed by atoms with van der Waals surface area (Å²) in [5.74, 6) is 1.75. The van der Waals surface area contributed by atoms with Crippen LogP contribution in [0.3, 0.4) is 0 Å². The van der Waals surface area contributed by atoms with E-state index in [-0.39, 0.29) is 0 Å². The number of carbonyl (C=O) groups is 1. The van der Waals surface area contributed by atoms with Crippen LogP contribution in [0.2, 0.25) is 0 Å². The van der Waals surface area contributed by atoms with Gasteiger partial charge in [0.05, 0.1) is 18.2 Å². The Morgan fingerprint density at radius 3 is 2.69 bits per heavy atom.